The van der Waals surface area contributed by atoms with Crippen molar-refractivity contribution in [3.8, 4) is 11.3 Å². The molecule has 2 nitrogen and oxygen atoms in total. The number of hydrogen-bond acceptors (Lipinski definition) is 1. The number of H-pyrrole nitrogens is 1. The van der Waals surface area contributed by atoms with Gasteiger partial charge in [0.25, 0.3) is 0 Å². The Balaban J connectivity index is 2.78. The second kappa shape index (κ2) is 1.77. The minimum atomic E-state index is 0.815. The van der Waals surface area contributed by atoms with Gasteiger partial charge in [0, 0.05) is 11.8 Å². The van der Waals surface area contributed by atoms with Gasteiger partial charge in [0.2, 0.25) is 0 Å². The van der Waals surface area contributed by atoms with E-state index in [1.54, 1.807) is 0 Å². The van der Waals surface area contributed by atoms with Gasteiger partial charge in [-0.1, -0.05) is 12.1 Å². The molecule has 0 unspecified atom stereocenters. The lowest BCUT2D eigenvalue weighted by molar-refractivity contribution is 1.34. The number of aromatic nitrogens is 1. The largest absolute Gasteiger partial charge is 0.397 e. The van der Waals surface area contributed by atoms with Gasteiger partial charge in [0.1, 0.15) is 0 Å². The van der Waals surface area contributed by atoms with Crippen LogP contribution in [0.3, 0.4) is 0 Å². The first-order valence-electron chi connectivity index (χ1n) is 3.19. The molecule has 0 atom stereocenters. The molecule has 0 fully saturated rings. The molecule has 2 heteroatoms. The Bertz CT molecular complexity index is 311. The average molecular weight is 132 g/mol. The zero-order valence-corrected chi connectivity index (χ0v) is 5.46. The average Bonchev–Trinajstić information content (AvgIpc) is 2.34. The third-order valence-electron chi connectivity index (χ3n) is 1.62. The van der Waals surface area contributed by atoms with Gasteiger partial charge in [-0.15, -0.1) is 0 Å². The monoisotopic (exact) mass is 132 g/mol. The number of fused-ring (bicyclic) bond motifs is 1. The van der Waals surface area contributed by atoms with Gasteiger partial charge in [0.15, 0.2) is 0 Å². The molecule has 10 heavy (non-hydrogen) atoms. The molecule has 3 N–H and O–H groups in total. The maximum atomic E-state index is 5.64. The molecule has 0 radical (unpaired) electrons. The summed E-state index contributed by atoms with van der Waals surface area (Å²) < 4.78 is 0. The van der Waals surface area contributed by atoms with Crippen LogP contribution >= 0.6 is 0 Å². The van der Waals surface area contributed by atoms with Crippen molar-refractivity contribution in [3.05, 3.63) is 30.5 Å². The van der Waals surface area contributed by atoms with E-state index in [0.29, 0.717) is 0 Å². The smallest absolute Gasteiger partial charge is 0.0686 e. The summed E-state index contributed by atoms with van der Waals surface area (Å²) in [4.78, 5) is 3.07. The van der Waals surface area contributed by atoms with Crippen LogP contribution < -0.4 is 5.73 Å². The van der Waals surface area contributed by atoms with Gasteiger partial charge in [-0.25, -0.2) is 0 Å². The number of hydrogen-bond donors (Lipinski definition) is 2. The number of aromatic amines is 1. The molecule has 2 aliphatic rings. The molecule has 0 aromatic rings. The Morgan fingerprint density at radius 2 is 2.10 bits per heavy atom. The van der Waals surface area contributed by atoms with Crippen LogP contribution in [0.2, 0.25) is 0 Å². The molecule has 0 saturated heterocycles. The van der Waals surface area contributed by atoms with Crippen LogP contribution in [0.1, 0.15) is 0 Å². The minimum Gasteiger partial charge on any atom is -0.397 e. The van der Waals surface area contributed by atoms with Crippen LogP contribution in [0.4, 0.5) is 5.69 Å². The summed E-state index contributed by atoms with van der Waals surface area (Å²) in [5.41, 5.74) is 8.66. The number of rotatable bonds is 0. The topological polar surface area (TPSA) is 41.8 Å². The third kappa shape index (κ3) is 0.589. The molecule has 1 aliphatic heterocycles. The molecule has 50 valence electrons. The Kier molecular flexibility index (Phi) is 0.947. The molecule has 0 spiro atoms. The van der Waals surface area contributed by atoms with Crippen molar-refractivity contribution in [1.82, 2.24) is 4.98 Å². The van der Waals surface area contributed by atoms with Gasteiger partial charge in [0.05, 0.1) is 11.4 Å². The zero-order valence-electron chi connectivity index (χ0n) is 5.46. The van der Waals surface area contributed by atoms with E-state index >= 15 is 0 Å². The number of pyridine rings is 1. The van der Waals surface area contributed by atoms with Gasteiger partial charge >= 0.3 is 0 Å². The van der Waals surface area contributed by atoms with Crippen LogP contribution in [0, 0.1) is 0 Å². The third-order valence-corrected chi connectivity index (χ3v) is 1.62. The Morgan fingerprint density at radius 1 is 1.20 bits per heavy atom. The molecule has 0 amide bonds. The predicted molar refractivity (Wildman–Crippen MR) is 41.8 cm³/mol. The van der Waals surface area contributed by atoms with Gasteiger partial charge < -0.3 is 10.7 Å². The normalized spacial score (nSPS) is 10.4. The Morgan fingerprint density at radius 3 is 2.90 bits per heavy atom. The van der Waals surface area contributed by atoms with E-state index in [9.17, 15) is 0 Å². The van der Waals surface area contributed by atoms with Gasteiger partial charge in [-0.2, -0.15) is 0 Å². The number of nitrogens with one attached hydrogen (secondary N) is 1. The van der Waals surface area contributed by atoms with Crippen LogP contribution in [0.15, 0.2) is 30.5 Å². The molecule has 0 aromatic heterocycles. The molecule has 1 heterocycles. The van der Waals surface area contributed by atoms with E-state index in [1.807, 2.05) is 30.5 Å². The first-order chi connectivity index (χ1) is 4.88. The number of nitrogen functional groups attached to an aromatic ring is 1. The zero-order chi connectivity index (χ0) is 6.97. The van der Waals surface area contributed by atoms with Gasteiger partial charge in [-0.05, 0) is 12.1 Å². The van der Waals surface area contributed by atoms with Crippen molar-refractivity contribution in [2.45, 2.75) is 0 Å². The summed E-state index contributed by atoms with van der Waals surface area (Å²) in [5, 5.41) is 0. The lowest BCUT2D eigenvalue weighted by atomic mass is 10.2. The molecule has 1 aliphatic carbocycles. The molecule has 0 saturated carbocycles. The fourth-order valence-electron chi connectivity index (χ4n) is 1.10. The van der Waals surface area contributed by atoms with E-state index in [1.165, 1.54) is 5.56 Å². The summed E-state index contributed by atoms with van der Waals surface area (Å²) in [6.07, 6.45) is 1.87. The van der Waals surface area contributed by atoms with E-state index in [0.717, 1.165) is 11.4 Å². The predicted octanol–water partition coefficient (Wildman–Crippen LogP) is 1.70. The van der Waals surface area contributed by atoms with Crippen LogP contribution in [-0.2, 0) is 0 Å². The quantitative estimate of drug-likeness (QED) is 0.562. The molecule has 0 bridgehead atoms. The summed E-state index contributed by atoms with van der Waals surface area (Å²) in [6, 6.07) is 7.90. The summed E-state index contributed by atoms with van der Waals surface area (Å²) >= 11 is 0. The number of nitrogens with two attached hydrogens (primary N) is 1. The van der Waals surface area contributed by atoms with Crippen molar-refractivity contribution in [1.29, 1.82) is 0 Å². The minimum absolute atomic E-state index is 0.815. The van der Waals surface area contributed by atoms with Crippen molar-refractivity contribution < 1.29 is 0 Å². The van der Waals surface area contributed by atoms with E-state index in [2.05, 4.69) is 4.98 Å². The maximum Gasteiger partial charge on any atom is 0.0686 e. The number of anilines is 1. The van der Waals surface area contributed by atoms with E-state index in [4.69, 9.17) is 5.73 Å². The fourth-order valence-corrected chi connectivity index (χ4v) is 1.10. The first kappa shape index (κ1) is 5.35. The van der Waals surface area contributed by atoms with Crippen LogP contribution in [-0.4, -0.2) is 4.98 Å². The summed E-state index contributed by atoms with van der Waals surface area (Å²) in [7, 11) is 0. The van der Waals surface area contributed by atoms with Crippen molar-refractivity contribution in [2.75, 3.05) is 5.73 Å². The van der Waals surface area contributed by atoms with Crippen molar-refractivity contribution in [2.24, 2.45) is 0 Å². The lowest BCUT2D eigenvalue weighted by Crippen LogP contribution is -1.85. The fraction of sp³-hybridized carbons (Fsp3) is 0. The summed E-state index contributed by atoms with van der Waals surface area (Å²) in [6.45, 7) is 0. The van der Waals surface area contributed by atoms with Gasteiger partial charge in [-0.3, -0.25) is 0 Å². The molecule has 0 aromatic carbocycles. The molecular weight excluding hydrogens is 124 g/mol. The Labute approximate surface area is 59.0 Å². The SMILES string of the molecule is Nc1ccc2ccc[nH]c1-2. The molecule has 2 rings (SSSR count). The van der Waals surface area contributed by atoms with Crippen molar-refractivity contribution in [3.63, 3.8) is 0 Å². The van der Waals surface area contributed by atoms with Crippen LogP contribution in [0.5, 0.6) is 0 Å². The highest BCUT2D eigenvalue weighted by Crippen LogP contribution is 2.26. The Hall–Kier alpha value is -1.44. The second-order valence-corrected chi connectivity index (χ2v) is 2.29. The lowest BCUT2D eigenvalue weighted by Gasteiger charge is -1.97. The maximum absolute atomic E-state index is 5.64. The van der Waals surface area contributed by atoms with Crippen LogP contribution in [0.25, 0.3) is 11.3 Å². The van der Waals surface area contributed by atoms with Crippen molar-refractivity contribution >= 4 is 5.69 Å². The standard InChI is InChI=1S/C8H8N2/c9-7-4-3-6-2-1-5-10-8(6)7/h1-5,10H,9H2. The molecular formula is C8H8N2. The first-order valence-corrected chi connectivity index (χ1v) is 3.19. The van der Waals surface area contributed by atoms with E-state index in [-0.39, 0.29) is 0 Å². The highest BCUT2D eigenvalue weighted by molar-refractivity contribution is 5.76. The summed E-state index contributed by atoms with van der Waals surface area (Å²) in [5.74, 6) is 0. The van der Waals surface area contributed by atoms with E-state index < -0.39 is 0 Å². The highest BCUT2D eigenvalue weighted by atomic mass is 14.7. The highest BCUT2D eigenvalue weighted by Gasteiger charge is 2.03. The second-order valence-electron chi connectivity index (χ2n) is 2.29.